The number of hydrogen-bond acceptors (Lipinski definition) is 3. The summed E-state index contributed by atoms with van der Waals surface area (Å²) < 4.78 is 16.6. The van der Waals surface area contributed by atoms with Crippen LogP contribution in [0.25, 0.3) is 11.2 Å². The predicted molar refractivity (Wildman–Crippen MR) is 86.1 cm³/mol. The van der Waals surface area contributed by atoms with E-state index in [9.17, 15) is 9.18 Å². The summed E-state index contributed by atoms with van der Waals surface area (Å²) in [5, 5.41) is 7.95. The number of fused-ring (bicyclic) bond motifs is 1. The zero-order valence-electron chi connectivity index (χ0n) is 12.1. The fourth-order valence-corrected chi connectivity index (χ4v) is 3.21. The van der Waals surface area contributed by atoms with Gasteiger partial charge < -0.3 is 5.32 Å². The monoisotopic (exact) mass is 332 g/mol. The number of benzene rings is 1. The Kier molecular flexibility index (Phi) is 3.43. The van der Waals surface area contributed by atoms with Crippen LogP contribution in [0.2, 0.25) is 5.02 Å². The molecule has 1 N–H and O–H groups in total. The van der Waals surface area contributed by atoms with Crippen LogP contribution in [0.3, 0.4) is 0 Å². The third-order valence-corrected chi connectivity index (χ3v) is 4.37. The van der Waals surface area contributed by atoms with Gasteiger partial charge in [0.25, 0.3) is 5.56 Å². The Hall–Kier alpha value is -2.18. The second-order valence-corrected chi connectivity index (χ2v) is 5.99. The van der Waals surface area contributed by atoms with Gasteiger partial charge in [0.05, 0.1) is 16.8 Å². The summed E-state index contributed by atoms with van der Waals surface area (Å²) in [6.45, 7) is 0.264. The van der Waals surface area contributed by atoms with Gasteiger partial charge in [-0.25, -0.2) is 8.91 Å². The van der Waals surface area contributed by atoms with Crippen molar-refractivity contribution in [1.82, 2.24) is 19.5 Å². The lowest BCUT2D eigenvalue weighted by Gasteiger charge is -2.17. The van der Waals surface area contributed by atoms with Crippen molar-refractivity contribution in [2.75, 3.05) is 6.54 Å². The fraction of sp³-hybridized carbons (Fsp3) is 0.250. The zero-order valence-corrected chi connectivity index (χ0v) is 12.9. The number of hydrogen-bond donors (Lipinski definition) is 1. The van der Waals surface area contributed by atoms with Crippen LogP contribution >= 0.6 is 11.6 Å². The van der Waals surface area contributed by atoms with E-state index in [4.69, 9.17) is 11.6 Å². The summed E-state index contributed by atoms with van der Waals surface area (Å²) in [7, 11) is 0. The van der Waals surface area contributed by atoms with Crippen molar-refractivity contribution in [2.24, 2.45) is 0 Å². The van der Waals surface area contributed by atoms with E-state index in [1.54, 1.807) is 12.3 Å². The number of nitrogens with zero attached hydrogens (tertiary/aromatic N) is 3. The number of alkyl halides is 1. The number of aromatic nitrogens is 3. The first-order chi connectivity index (χ1) is 11.1. The summed E-state index contributed by atoms with van der Waals surface area (Å²) in [4.78, 5) is 13.0. The average molecular weight is 333 g/mol. The van der Waals surface area contributed by atoms with Crippen molar-refractivity contribution in [3.8, 4) is 5.69 Å². The number of rotatable bonds is 2. The zero-order chi connectivity index (χ0) is 16.0. The molecule has 1 saturated heterocycles. The molecule has 2 atom stereocenters. The van der Waals surface area contributed by atoms with Crippen LogP contribution in [0, 0.1) is 0 Å². The Balaban J connectivity index is 2.02. The van der Waals surface area contributed by atoms with Crippen LogP contribution in [0.15, 0.2) is 47.4 Å². The molecule has 0 saturated carbocycles. The molecule has 1 fully saturated rings. The minimum atomic E-state index is -0.940. The standard InChI is InChI=1S/C16H14ClFN4O/c17-12-6-7-21-14(12)16(23)22(11-4-2-1-3-5-11)15(20-21)13-8-10(18)9-19-13/h1-7,10,13,19H,8-9H2. The van der Waals surface area contributed by atoms with Crippen LogP contribution in [0.5, 0.6) is 0 Å². The van der Waals surface area contributed by atoms with E-state index in [0.717, 1.165) is 0 Å². The predicted octanol–water partition coefficient (Wildman–Crippen LogP) is 2.51. The molecule has 0 spiro atoms. The fourth-order valence-electron chi connectivity index (χ4n) is 2.99. The van der Waals surface area contributed by atoms with Crippen molar-refractivity contribution >= 4 is 17.1 Å². The van der Waals surface area contributed by atoms with Crippen LogP contribution in [-0.4, -0.2) is 26.9 Å². The minimum Gasteiger partial charge on any atom is -0.304 e. The first-order valence-corrected chi connectivity index (χ1v) is 7.75. The highest BCUT2D eigenvalue weighted by Crippen LogP contribution is 2.25. The molecule has 0 amide bonds. The van der Waals surface area contributed by atoms with E-state index in [-0.39, 0.29) is 18.1 Å². The number of halogens is 2. The van der Waals surface area contributed by atoms with E-state index in [1.165, 1.54) is 9.08 Å². The van der Waals surface area contributed by atoms with Gasteiger partial charge in [0.1, 0.15) is 11.7 Å². The normalized spacial score (nSPS) is 21.1. The van der Waals surface area contributed by atoms with Gasteiger partial charge in [0.15, 0.2) is 5.82 Å². The second-order valence-electron chi connectivity index (χ2n) is 5.58. The molecule has 2 aromatic heterocycles. The maximum Gasteiger partial charge on any atom is 0.284 e. The van der Waals surface area contributed by atoms with Crippen molar-refractivity contribution in [3.05, 3.63) is 63.8 Å². The van der Waals surface area contributed by atoms with Crippen LogP contribution < -0.4 is 10.9 Å². The molecule has 0 aliphatic carbocycles. The van der Waals surface area contributed by atoms with Crippen molar-refractivity contribution in [2.45, 2.75) is 18.6 Å². The van der Waals surface area contributed by atoms with Crippen molar-refractivity contribution in [3.63, 3.8) is 0 Å². The lowest BCUT2D eigenvalue weighted by molar-refractivity contribution is 0.354. The Bertz CT molecular complexity index is 921. The molecule has 4 rings (SSSR count). The Morgan fingerprint density at radius 2 is 2.04 bits per heavy atom. The molecule has 1 aliphatic rings. The van der Waals surface area contributed by atoms with E-state index in [2.05, 4.69) is 10.4 Å². The summed E-state index contributed by atoms with van der Waals surface area (Å²) >= 11 is 6.12. The van der Waals surface area contributed by atoms with Crippen LogP contribution in [-0.2, 0) is 0 Å². The molecule has 2 unspecified atom stereocenters. The molecular weight excluding hydrogens is 319 g/mol. The molecule has 23 heavy (non-hydrogen) atoms. The lowest BCUT2D eigenvalue weighted by Crippen LogP contribution is -2.30. The van der Waals surface area contributed by atoms with Gasteiger partial charge >= 0.3 is 0 Å². The number of para-hydroxylation sites is 1. The Morgan fingerprint density at radius 1 is 1.26 bits per heavy atom. The highest BCUT2D eigenvalue weighted by atomic mass is 35.5. The molecule has 0 bridgehead atoms. The van der Waals surface area contributed by atoms with Gasteiger partial charge in [-0.15, -0.1) is 0 Å². The van der Waals surface area contributed by atoms with Gasteiger partial charge in [-0.3, -0.25) is 9.36 Å². The third kappa shape index (κ3) is 2.34. The molecule has 3 aromatic rings. The Morgan fingerprint density at radius 3 is 2.74 bits per heavy atom. The Labute approximate surface area is 136 Å². The molecule has 118 valence electrons. The molecule has 0 radical (unpaired) electrons. The molecule has 3 heterocycles. The average Bonchev–Trinajstić information content (AvgIpc) is 3.14. The maximum absolute atomic E-state index is 13.6. The van der Waals surface area contributed by atoms with Crippen LogP contribution in [0.1, 0.15) is 18.3 Å². The highest BCUT2D eigenvalue weighted by molar-refractivity contribution is 6.33. The van der Waals surface area contributed by atoms with Crippen molar-refractivity contribution in [1.29, 1.82) is 0 Å². The second kappa shape index (κ2) is 5.47. The van der Waals surface area contributed by atoms with E-state index < -0.39 is 6.17 Å². The number of nitrogens with one attached hydrogen (secondary N) is 1. The maximum atomic E-state index is 13.6. The summed E-state index contributed by atoms with van der Waals surface area (Å²) in [6, 6.07) is 10.5. The first-order valence-electron chi connectivity index (χ1n) is 7.38. The van der Waals surface area contributed by atoms with Crippen molar-refractivity contribution < 1.29 is 4.39 Å². The van der Waals surface area contributed by atoms with E-state index in [1.807, 2.05) is 30.3 Å². The smallest absolute Gasteiger partial charge is 0.284 e. The summed E-state index contributed by atoms with van der Waals surface area (Å²) in [5.74, 6) is 0.487. The molecule has 5 nitrogen and oxygen atoms in total. The largest absolute Gasteiger partial charge is 0.304 e. The molecular formula is C16H14ClFN4O. The van der Waals surface area contributed by atoms with E-state index >= 15 is 0 Å². The molecule has 1 aromatic carbocycles. The van der Waals surface area contributed by atoms with Gasteiger partial charge in [-0.2, -0.15) is 5.10 Å². The van der Waals surface area contributed by atoms with Crippen LogP contribution in [0.4, 0.5) is 4.39 Å². The minimum absolute atomic E-state index is 0.264. The lowest BCUT2D eigenvalue weighted by atomic mass is 10.2. The quantitative estimate of drug-likeness (QED) is 0.784. The van der Waals surface area contributed by atoms with E-state index in [0.29, 0.717) is 28.5 Å². The SMILES string of the molecule is O=c1c2c(Cl)ccn2nc(C2CC(F)CN2)n1-c1ccccc1. The van der Waals surface area contributed by atoms with Gasteiger partial charge in [0, 0.05) is 19.2 Å². The van der Waals surface area contributed by atoms with Gasteiger partial charge in [-0.05, 0) is 18.2 Å². The third-order valence-electron chi connectivity index (χ3n) is 4.07. The van der Waals surface area contributed by atoms with Gasteiger partial charge in [0.2, 0.25) is 0 Å². The molecule has 7 heteroatoms. The summed E-state index contributed by atoms with van der Waals surface area (Å²) in [5.41, 5.74) is 0.734. The topological polar surface area (TPSA) is 51.3 Å². The highest BCUT2D eigenvalue weighted by Gasteiger charge is 2.30. The van der Waals surface area contributed by atoms with Gasteiger partial charge in [-0.1, -0.05) is 29.8 Å². The summed E-state index contributed by atoms with van der Waals surface area (Å²) in [6.07, 6.45) is 0.990. The first kappa shape index (κ1) is 14.4. The molecule has 1 aliphatic heterocycles.